The lowest BCUT2D eigenvalue weighted by Gasteiger charge is -2.45. The van der Waals surface area contributed by atoms with E-state index in [-0.39, 0.29) is 17.9 Å². The summed E-state index contributed by atoms with van der Waals surface area (Å²) in [4.78, 5) is 29.8. The highest BCUT2D eigenvalue weighted by atomic mass is 32.1. The normalized spacial score (nSPS) is 26.6. The molecule has 3 aromatic rings. The van der Waals surface area contributed by atoms with Crippen LogP contribution in [0.15, 0.2) is 41.8 Å². The Morgan fingerprint density at radius 1 is 1.23 bits per heavy atom. The Bertz CT molecular complexity index is 1250. The fourth-order valence-corrected chi connectivity index (χ4v) is 6.55. The van der Waals surface area contributed by atoms with E-state index in [9.17, 15) is 9.59 Å². The van der Waals surface area contributed by atoms with E-state index < -0.39 is 5.54 Å². The highest BCUT2D eigenvalue weighted by Crippen LogP contribution is 2.37. The molecule has 0 bridgehead atoms. The molecule has 2 amide bonds. The van der Waals surface area contributed by atoms with Gasteiger partial charge in [0.05, 0.1) is 29.9 Å². The smallest absolute Gasteiger partial charge is 0.271 e. The van der Waals surface area contributed by atoms with Gasteiger partial charge in [0, 0.05) is 11.6 Å². The van der Waals surface area contributed by atoms with Crippen LogP contribution in [0.25, 0.3) is 10.2 Å². The van der Waals surface area contributed by atoms with Crippen LogP contribution in [0.2, 0.25) is 0 Å². The summed E-state index contributed by atoms with van der Waals surface area (Å²) in [7, 11) is 0. The van der Waals surface area contributed by atoms with Crippen LogP contribution >= 0.6 is 11.3 Å². The monoisotopic (exact) mass is 493 g/mol. The van der Waals surface area contributed by atoms with Crippen molar-refractivity contribution in [3.05, 3.63) is 53.0 Å². The van der Waals surface area contributed by atoms with Gasteiger partial charge in [-0.2, -0.15) is 0 Å². The number of rotatable bonds is 6. The van der Waals surface area contributed by atoms with Crippen molar-refractivity contribution in [1.82, 2.24) is 14.8 Å². The maximum Gasteiger partial charge on any atom is 0.271 e. The van der Waals surface area contributed by atoms with Crippen LogP contribution in [0.5, 0.6) is 5.75 Å². The van der Waals surface area contributed by atoms with Crippen LogP contribution in [0.3, 0.4) is 0 Å². The maximum atomic E-state index is 14.1. The van der Waals surface area contributed by atoms with Crippen LogP contribution in [-0.2, 0) is 17.9 Å². The molecule has 1 fully saturated rings. The molecule has 2 aromatic heterocycles. The molecule has 1 aliphatic heterocycles. The topological polar surface area (TPSA) is 63.6 Å². The molecule has 0 radical (unpaired) electrons. The predicted octanol–water partition coefficient (Wildman–Crippen LogP) is 5.46. The molecule has 186 valence electrons. The lowest BCUT2D eigenvalue weighted by Crippen LogP contribution is -2.65. The summed E-state index contributed by atoms with van der Waals surface area (Å²) in [5.74, 6) is 1.54. The molecule has 4 atom stereocenters. The first-order chi connectivity index (χ1) is 16.8. The number of fused-ring (bicyclic) bond motifs is 3. The molecule has 1 saturated carbocycles. The van der Waals surface area contributed by atoms with E-state index in [1.165, 1.54) is 6.42 Å². The molecular weight excluding hydrogens is 458 g/mol. The zero-order valence-electron chi connectivity index (χ0n) is 21.0. The van der Waals surface area contributed by atoms with Gasteiger partial charge in [-0.25, -0.2) is 0 Å². The van der Waals surface area contributed by atoms with Crippen LogP contribution < -0.4 is 10.1 Å². The summed E-state index contributed by atoms with van der Waals surface area (Å²) in [6.45, 7) is 9.65. The molecule has 4 unspecified atom stereocenters. The first kappa shape index (κ1) is 23.9. The average molecular weight is 494 g/mol. The van der Waals surface area contributed by atoms with Gasteiger partial charge in [0.25, 0.3) is 5.91 Å². The Labute approximate surface area is 211 Å². The predicted molar refractivity (Wildman–Crippen MR) is 140 cm³/mol. The van der Waals surface area contributed by atoms with Crippen molar-refractivity contribution in [3.63, 3.8) is 0 Å². The lowest BCUT2D eigenvalue weighted by atomic mass is 9.77. The fraction of sp³-hybridized carbons (Fsp3) is 0.500. The Balaban J connectivity index is 1.53. The minimum atomic E-state index is -1.03. The third-order valence-electron chi connectivity index (χ3n) is 8.16. The third kappa shape index (κ3) is 4.14. The number of nitrogens with zero attached hydrogens (tertiary/aromatic N) is 2. The number of ether oxygens (including phenoxy) is 1. The van der Waals surface area contributed by atoms with Gasteiger partial charge in [0.2, 0.25) is 5.91 Å². The van der Waals surface area contributed by atoms with E-state index >= 15 is 0 Å². The van der Waals surface area contributed by atoms with Crippen molar-refractivity contribution in [1.29, 1.82) is 0 Å². The largest absolute Gasteiger partial charge is 0.494 e. The van der Waals surface area contributed by atoms with Gasteiger partial charge in [0.1, 0.15) is 17.0 Å². The van der Waals surface area contributed by atoms with Gasteiger partial charge in [0.15, 0.2) is 0 Å². The number of benzene rings is 1. The number of hydrogen-bond donors (Lipinski definition) is 1. The number of carbonyl (C=O) groups excluding carboxylic acids is 2. The van der Waals surface area contributed by atoms with Gasteiger partial charge < -0.3 is 19.5 Å². The first-order valence-corrected chi connectivity index (χ1v) is 13.6. The zero-order valence-corrected chi connectivity index (χ0v) is 21.9. The number of hydrogen-bond acceptors (Lipinski definition) is 4. The van der Waals surface area contributed by atoms with Crippen molar-refractivity contribution in [2.24, 2.45) is 11.8 Å². The minimum absolute atomic E-state index is 0.0755. The molecule has 35 heavy (non-hydrogen) atoms. The summed E-state index contributed by atoms with van der Waals surface area (Å²) >= 11 is 1.62. The van der Waals surface area contributed by atoms with Crippen molar-refractivity contribution < 1.29 is 14.3 Å². The SMILES string of the molecule is CCOc1ccccc1CN1C(=O)c2cc3sccc3n2CC1(C)C(=O)NC1CCCC(C)C1C. The lowest BCUT2D eigenvalue weighted by molar-refractivity contribution is -0.134. The van der Waals surface area contributed by atoms with Gasteiger partial charge in [-0.1, -0.05) is 44.9 Å². The van der Waals surface area contributed by atoms with Gasteiger partial charge in [-0.15, -0.1) is 11.3 Å². The summed E-state index contributed by atoms with van der Waals surface area (Å²) in [6, 6.07) is 11.9. The van der Waals surface area contributed by atoms with Crippen molar-refractivity contribution in [3.8, 4) is 5.75 Å². The quantitative estimate of drug-likeness (QED) is 0.496. The Hall–Kier alpha value is -2.80. The summed E-state index contributed by atoms with van der Waals surface area (Å²) < 4.78 is 8.96. The second kappa shape index (κ2) is 9.34. The van der Waals surface area contributed by atoms with Crippen LogP contribution in [0, 0.1) is 11.8 Å². The van der Waals surface area contributed by atoms with Crippen LogP contribution in [0.1, 0.15) is 63.0 Å². The highest BCUT2D eigenvalue weighted by molar-refractivity contribution is 7.17. The molecule has 7 heteroatoms. The van der Waals surface area contributed by atoms with E-state index in [4.69, 9.17) is 4.74 Å². The molecule has 0 saturated heterocycles. The molecule has 2 aliphatic rings. The summed E-state index contributed by atoms with van der Waals surface area (Å²) in [6.07, 6.45) is 3.30. The molecule has 5 rings (SSSR count). The second-order valence-electron chi connectivity index (χ2n) is 10.3. The number of thiophene rings is 1. The highest BCUT2D eigenvalue weighted by Gasteiger charge is 2.49. The number of nitrogens with one attached hydrogen (secondary N) is 1. The number of aromatic nitrogens is 1. The van der Waals surface area contributed by atoms with Crippen molar-refractivity contribution >= 4 is 33.4 Å². The van der Waals surface area contributed by atoms with Crippen LogP contribution in [-0.4, -0.2) is 39.5 Å². The Morgan fingerprint density at radius 2 is 2.03 bits per heavy atom. The standard InChI is InChI=1S/C28H35N3O3S/c1-5-34-24-12-7-6-10-20(24)16-31-26(32)23-15-25-22(13-14-35-25)30(23)17-28(31,4)27(33)29-21-11-8-9-18(2)19(21)3/h6-7,10,12-15,18-19,21H,5,8-9,11,16-17H2,1-4H3,(H,29,33). The molecule has 6 nitrogen and oxygen atoms in total. The number of amides is 2. The molecule has 3 heterocycles. The maximum absolute atomic E-state index is 14.1. The molecular formula is C28H35N3O3S. The van der Waals surface area contributed by atoms with E-state index in [0.29, 0.717) is 37.2 Å². The summed E-state index contributed by atoms with van der Waals surface area (Å²) in [5.41, 5.74) is 1.54. The van der Waals surface area contributed by atoms with E-state index in [0.717, 1.165) is 34.4 Å². The van der Waals surface area contributed by atoms with Gasteiger partial charge in [-0.05, 0) is 55.7 Å². The molecule has 1 aliphatic carbocycles. The van der Waals surface area contributed by atoms with Gasteiger partial charge >= 0.3 is 0 Å². The Kier molecular flexibility index (Phi) is 6.38. The average Bonchev–Trinajstić information content (AvgIpc) is 3.43. The van der Waals surface area contributed by atoms with E-state index in [2.05, 4.69) is 19.2 Å². The van der Waals surface area contributed by atoms with E-state index in [1.807, 2.05) is 60.2 Å². The molecule has 1 N–H and O–H groups in total. The fourth-order valence-electron chi connectivity index (χ4n) is 5.73. The molecule has 1 aromatic carbocycles. The van der Waals surface area contributed by atoms with E-state index in [1.54, 1.807) is 16.2 Å². The number of carbonyl (C=O) groups is 2. The van der Waals surface area contributed by atoms with Crippen molar-refractivity contribution in [2.45, 2.75) is 71.6 Å². The minimum Gasteiger partial charge on any atom is -0.494 e. The summed E-state index contributed by atoms with van der Waals surface area (Å²) in [5, 5.41) is 5.41. The van der Waals surface area contributed by atoms with Crippen LogP contribution in [0.4, 0.5) is 0 Å². The second-order valence-corrected chi connectivity index (χ2v) is 11.3. The van der Waals surface area contributed by atoms with Gasteiger partial charge in [-0.3, -0.25) is 9.59 Å². The number of para-hydroxylation sites is 1. The molecule has 0 spiro atoms. The first-order valence-electron chi connectivity index (χ1n) is 12.7. The van der Waals surface area contributed by atoms with Crippen molar-refractivity contribution in [2.75, 3.05) is 6.61 Å². The zero-order chi connectivity index (χ0) is 24.7. The third-order valence-corrected chi connectivity index (χ3v) is 9.02. The Morgan fingerprint density at radius 3 is 2.83 bits per heavy atom.